The van der Waals surface area contributed by atoms with Gasteiger partial charge in [-0.15, -0.1) is 0 Å². The zero-order valence-corrected chi connectivity index (χ0v) is 21.8. The lowest BCUT2D eigenvalue weighted by Gasteiger charge is -2.31. The fourth-order valence-corrected chi connectivity index (χ4v) is 6.27. The van der Waals surface area contributed by atoms with Crippen LogP contribution in [-0.2, 0) is 6.42 Å². The number of thiol groups is 1. The third-order valence-corrected chi connectivity index (χ3v) is 8.60. The van der Waals surface area contributed by atoms with Gasteiger partial charge in [0.15, 0.2) is 5.17 Å². The number of piperazine rings is 1. The summed E-state index contributed by atoms with van der Waals surface area (Å²) in [6.07, 6.45) is 1.05. The Hall–Kier alpha value is -0.950. The van der Waals surface area contributed by atoms with Crippen molar-refractivity contribution in [1.29, 1.82) is 0 Å². The molecule has 2 N–H and O–H groups in total. The number of hydrogen-bond acceptors (Lipinski definition) is 9. The standard InChI is InChI=1S/C22H34N6O2S3/c1-16(29)26-7-3-8-28(22(30)24-21-23-15-20(31)32-21)19-5-4-18(14-17(19)6-9-26)33-27-12-10-25(2)11-13-27/h4-5,14,16,20,29,31H,3,6-13,15H2,1-2H3,(H,23,24,30). The average molecular weight is 511 g/mol. The molecule has 1 aromatic carbocycles. The molecular formula is C22H34N6O2S3. The van der Waals surface area contributed by atoms with E-state index in [1.54, 1.807) is 11.9 Å². The van der Waals surface area contributed by atoms with E-state index in [1.165, 1.54) is 16.7 Å². The molecule has 182 valence electrons. The first kappa shape index (κ1) is 25.2. The Kier molecular flexibility index (Phi) is 8.88. The summed E-state index contributed by atoms with van der Waals surface area (Å²) in [4.78, 5) is 25.1. The maximum absolute atomic E-state index is 13.3. The van der Waals surface area contributed by atoms with Crippen LogP contribution in [0.25, 0.3) is 0 Å². The lowest BCUT2D eigenvalue weighted by molar-refractivity contribution is 0.0194. The Morgan fingerprint density at radius 1 is 1.24 bits per heavy atom. The molecule has 33 heavy (non-hydrogen) atoms. The number of urea groups is 1. The van der Waals surface area contributed by atoms with Gasteiger partial charge in [0.1, 0.15) is 6.23 Å². The molecule has 3 heterocycles. The van der Waals surface area contributed by atoms with E-state index in [1.807, 2.05) is 11.8 Å². The minimum Gasteiger partial charge on any atom is -0.379 e. The van der Waals surface area contributed by atoms with Gasteiger partial charge in [-0.05, 0) is 62.5 Å². The molecule has 11 heteroatoms. The fraction of sp³-hybridized carbons (Fsp3) is 0.636. The van der Waals surface area contributed by atoms with Crippen LogP contribution in [0, 0.1) is 0 Å². The van der Waals surface area contributed by atoms with Gasteiger partial charge >= 0.3 is 6.03 Å². The number of nitrogens with one attached hydrogen (secondary N) is 1. The molecule has 0 aromatic heterocycles. The number of amides is 2. The number of carbonyl (C=O) groups is 1. The van der Waals surface area contributed by atoms with Gasteiger partial charge in [0.25, 0.3) is 0 Å². The molecule has 0 bridgehead atoms. The van der Waals surface area contributed by atoms with E-state index in [4.69, 9.17) is 0 Å². The number of anilines is 1. The van der Waals surface area contributed by atoms with Gasteiger partial charge in [-0.25, -0.2) is 9.10 Å². The highest BCUT2D eigenvalue weighted by Crippen LogP contribution is 2.31. The first-order chi connectivity index (χ1) is 15.9. The summed E-state index contributed by atoms with van der Waals surface area (Å²) in [5.41, 5.74) is 2.07. The van der Waals surface area contributed by atoms with Crippen LogP contribution in [0.4, 0.5) is 10.5 Å². The average Bonchev–Trinajstić information content (AvgIpc) is 3.22. The number of carbonyl (C=O) groups excluding carboxylic acids is 1. The number of aliphatic hydroxyl groups is 1. The van der Waals surface area contributed by atoms with E-state index < -0.39 is 6.23 Å². The molecule has 0 radical (unpaired) electrons. The first-order valence-corrected chi connectivity index (χ1v) is 13.7. The van der Waals surface area contributed by atoms with Crippen LogP contribution in [0.3, 0.4) is 0 Å². The molecule has 1 fully saturated rings. The number of rotatable bonds is 3. The van der Waals surface area contributed by atoms with Crippen molar-refractivity contribution in [3.63, 3.8) is 0 Å². The summed E-state index contributed by atoms with van der Waals surface area (Å²) in [5.74, 6) is 0. The molecule has 8 nitrogen and oxygen atoms in total. The third-order valence-electron chi connectivity index (χ3n) is 6.16. The van der Waals surface area contributed by atoms with Gasteiger partial charge in [-0.2, -0.15) is 12.6 Å². The van der Waals surface area contributed by atoms with E-state index in [9.17, 15) is 9.90 Å². The quantitative estimate of drug-likeness (QED) is 0.426. The van der Waals surface area contributed by atoms with E-state index >= 15 is 0 Å². The Labute approximate surface area is 210 Å². The van der Waals surface area contributed by atoms with Gasteiger partial charge in [0.05, 0.1) is 11.1 Å². The minimum atomic E-state index is -0.506. The predicted octanol–water partition coefficient (Wildman–Crippen LogP) is 2.40. The number of hydrogen-bond donors (Lipinski definition) is 3. The van der Waals surface area contributed by atoms with Gasteiger partial charge in [-0.1, -0.05) is 11.8 Å². The maximum Gasteiger partial charge on any atom is 0.327 e. The van der Waals surface area contributed by atoms with Crippen LogP contribution in [0.1, 0.15) is 18.9 Å². The third kappa shape index (κ3) is 6.81. The highest BCUT2D eigenvalue weighted by molar-refractivity contribution is 8.21. The number of amidine groups is 1. The monoisotopic (exact) mass is 510 g/mol. The largest absolute Gasteiger partial charge is 0.379 e. The zero-order valence-electron chi connectivity index (χ0n) is 19.3. The summed E-state index contributed by atoms with van der Waals surface area (Å²) in [5, 5.41) is 13.8. The number of aliphatic imine (C=N–C) groups is 1. The fourth-order valence-electron chi connectivity index (χ4n) is 4.22. The topological polar surface area (TPSA) is 74.6 Å². The van der Waals surface area contributed by atoms with Crippen LogP contribution in [0.2, 0.25) is 0 Å². The smallest absolute Gasteiger partial charge is 0.327 e. The molecule has 1 aromatic rings. The van der Waals surface area contributed by atoms with Crippen molar-refractivity contribution in [3.8, 4) is 0 Å². The van der Waals surface area contributed by atoms with Crippen molar-refractivity contribution in [3.05, 3.63) is 23.8 Å². The molecule has 0 spiro atoms. The van der Waals surface area contributed by atoms with Crippen LogP contribution < -0.4 is 10.2 Å². The van der Waals surface area contributed by atoms with E-state index in [0.717, 1.165) is 63.4 Å². The molecule has 0 aliphatic carbocycles. The van der Waals surface area contributed by atoms with Crippen LogP contribution in [-0.4, -0.2) is 101 Å². The number of likely N-dealkylation sites (N-methyl/N-ethyl adjacent to an activating group) is 1. The van der Waals surface area contributed by atoms with Gasteiger partial charge in [-0.3, -0.25) is 20.1 Å². The summed E-state index contributed by atoms with van der Waals surface area (Å²) >= 11 is 7.71. The number of fused-ring (bicyclic) bond motifs is 1. The summed E-state index contributed by atoms with van der Waals surface area (Å²) in [6, 6.07) is 6.26. The molecule has 2 amide bonds. The molecular weight excluding hydrogens is 476 g/mol. The Bertz CT molecular complexity index is 863. The normalized spacial score (nSPS) is 24.4. The second kappa shape index (κ2) is 11.7. The number of nitrogens with zero attached hydrogens (tertiary/aromatic N) is 5. The molecule has 0 saturated carbocycles. The second-order valence-electron chi connectivity index (χ2n) is 8.69. The van der Waals surface area contributed by atoms with Crippen LogP contribution in [0.5, 0.6) is 0 Å². The summed E-state index contributed by atoms with van der Waals surface area (Å²) in [6.45, 7) is 8.72. The van der Waals surface area contributed by atoms with Crippen LogP contribution >= 0.6 is 36.3 Å². The van der Waals surface area contributed by atoms with Crippen LogP contribution in [0.15, 0.2) is 28.1 Å². The highest BCUT2D eigenvalue weighted by atomic mass is 32.2. The molecule has 3 aliphatic rings. The molecule has 2 atom stereocenters. The van der Waals surface area contributed by atoms with Crippen molar-refractivity contribution in [2.75, 3.05) is 64.3 Å². The predicted molar refractivity (Wildman–Crippen MR) is 141 cm³/mol. The Morgan fingerprint density at radius 2 is 2.03 bits per heavy atom. The Morgan fingerprint density at radius 3 is 2.73 bits per heavy atom. The van der Waals surface area contributed by atoms with E-state index in [2.05, 4.69) is 62.3 Å². The lowest BCUT2D eigenvalue weighted by Crippen LogP contribution is -2.43. The van der Waals surface area contributed by atoms with E-state index in [0.29, 0.717) is 18.3 Å². The molecule has 2 unspecified atom stereocenters. The lowest BCUT2D eigenvalue weighted by atomic mass is 10.1. The first-order valence-electron chi connectivity index (χ1n) is 11.5. The van der Waals surface area contributed by atoms with Crippen molar-refractivity contribution < 1.29 is 9.90 Å². The van der Waals surface area contributed by atoms with Crippen molar-refractivity contribution in [1.82, 2.24) is 19.4 Å². The number of benzene rings is 1. The van der Waals surface area contributed by atoms with Gasteiger partial charge < -0.3 is 10.0 Å². The number of aliphatic hydroxyl groups excluding tert-OH is 1. The molecule has 4 rings (SSSR count). The van der Waals surface area contributed by atoms with Crippen molar-refractivity contribution >= 4 is 53.2 Å². The van der Waals surface area contributed by atoms with E-state index in [-0.39, 0.29) is 10.6 Å². The highest BCUT2D eigenvalue weighted by Gasteiger charge is 2.26. The summed E-state index contributed by atoms with van der Waals surface area (Å²) < 4.78 is 2.50. The second-order valence-corrected chi connectivity index (χ2v) is 12.0. The zero-order chi connectivity index (χ0) is 23.4. The minimum absolute atomic E-state index is 0.0943. The van der Waals surface area contributed by atoms with Crippen molar-refractivity contribution in [2.24, 2.45) is 4.99 Å². The van der Waals surface area contributed by atoms with Crippen molar-refractivity contribution in [2.45, 2.75) is 35.5 Å². The molecule has 1 saturated heterocycles. The Balaban J connectivity index is 1.55. The number of thioether (sulfide) groups is 1. The van der Waals surface area contributed by atoms with Gasteiger partial charge in [0, 0.05) is 56.4 Å². The molecule has 3 aliphatic heterocycles. The maximum atomic E-state index is 13.3. The van der Waals surface area contributed by atoms with Gasteiger partial charge in [0.2, 0.25) is 0 Å². The summed E-state index contributed by atoms with van der Waals surface area (Å²) in [7, 11) is 2.16. The SMILES string of the molecule is CC(O)N1CCCN(C(=O)NC2=NCC(S)S2)c2ccc(SN3CCN(C)CC3)cc2CC1.